The van der Waals surface area contributed by atoms with Gasteiger partial charge >= 0.3 is 0 Å². The minimum Gasteiger partial charge on any atom is -0.398 e. The third-order valence-electron chi connectivity index (χ3n) is 5.34. The van der Waals surface area contributed by atoms with Gasteiger partial charge in [-0.1, -0.05) is 0 Å². The average Bonchev–Trinajstić information content (AvgIpc) is 2.70. The van der Waals surface area contributed by atoms with Crippen molar-refractivity contribution in [3.63, 3.8) is 0 Å². The fourth-order valence-electron chi connectivity index (χ4n) is 3.79. The van der Waals surface area contributed by atoms with Gasteiger partial charge in [0.05, 0.1) is 11.6 Å². The van der Waals surface area contributed by atoms with Gasteiger partial charge in [0.1, 0.15) is 17.5 Å². The Balaban J connectivity index is 1.32. The summed E-state index contributed by atoms with van der Waals surface area (Å²) >= 11 is 0. The Hall–Kier alpha value is -3.00. The third kappa shape index (κ3) is 4.37. The van der Waals surface area contributed by atoms with Crippen molar-refractivity contribution in [2.75, 3.05) is 43.4 Å². The molecule has 3 N–H and O–H groups in total. The van der Waals surface area contributed by atoms with Gasteiger partial charge in [0.2, 0.25) is 0 Å². The van der Waals surface area contributed by atoms with Crippen molar-refractivity contribution in [1.29, 1.82) is 0 Å². The summed E-state index contributed by atoms with van der Waals surface area (Å²) in [4.78, 5) is 23.7. The summed E-state index contributed by atoms with van der Waals surface area (Å²) < 4.78 is 26.5. The van der Waals surface area contributed by atoms with Gasteiger partial charge in [-0.25, -0.2) is 13.8 Å². The summed E-state index contributed by atoms with van der Waals surface area (Å²) in [6.07, 6.45) is 2.84. The number of nitrogens with zero attached hydrogens (tertiary/aromatic N) is 3. The molecule has 3 heterocycles. The topological polar surface area (TPSA) is 78.2 Å². The molecule has 0 saturated carbocycles. The van der Waals surface area contributed by atoms with Gasteiger partial charge in [0.15, 0.2) is 0 Å². The maximum atomic E-state index is 13.5. The average molecular weight is 399 g/mol. The van der Waals surface area contributed by atoms with Crippen LogP contribution in [0.25, 0.3) is 10.8 Å². The molecular weight excluding hydrogens is 376 g/mol. The molecule has 1 aliphatic rings. The van der Waals surface area contributed by atoms with Crippen LogP contribution in [-0.4, -0.2) is 47.6 Å². The second-order valence-electron chi connectivity index (χ2n) is 7.35. The molecule has 0 atom stereocenters. The molecule has 6 nitrogen and oxygen atoms in total. The number of rotatable bonds is 5. The number of aryl methyl sites for hydroxylation is 1. The minimum atomic E-state index is -0.511. The highest BCUT2D eigenvalue weighted by atomic mass is 19.1. The van der Waals surface area contributed by atoms with Crippen molar-refractivity contribution < 1.29 is 8.78 Å². The molecule has 0 aliphatic carbocycles. The van der Waals surface area contributed by atoms with Crippen LogP contribution in [0.1, 0.15) is 12.1 Å². The minimum absolute atomic E-state index is 0.275. The van der Waals surface area contributed by atoms with Gasteiger partial charge < -0.3 is 15.6 Å². The van der Waals surface area contributed by atoms with Gasteiger partial charge in [0.25, 0.3) is 5.56 Å². The molecule has 3 aromatic rings. The van der Waals surface area contributed by atoms with E-state index < -0.39 is 5.82 Å². The van der Waals surface area contributed by atoms with Gasteiger partial charge in [-0.05, 0) is 49.7 Å². The van der Waals surface area contributed by atoms with E-state index in [2.05, 4.69) is 19.8 Å². The predicted molar refractivity (Wildman–Crippen MR) is 110 cm³/mol. The normalized spacial score (nSPS) is 15.2. The van der Waals surface area contributed by atoms with Crippen molar-refractivity contribution in [2.24, 2.45) is 0 Å². The number of benzene rings is 1. The summed E-state index contributed by atoms with van der Waals surface area (Å²) in [5.41, 5.74) is 6.64. The maximum Gasteiger partial charge on any atom is 0.256 e. The summed E-state index contributed by atoms with van der Waals surface area (Å²) in [7, 11) is 0. The number of anilines is 2. The molecule has 1 saturated heterocycles. The number of H-pyrrole nitrogens is 1. The molecule has 0 unspecified atom stereocenters. The molecule has 0 radical (unpaired) electrons. The number of hydrogen-bond donors (Lipinski definition) is 2. The molecule has 1 aliphatic heterocycles. The number of aromatic amines is 1. The molecule has 0 bridgehead atoms. The molecule has 8 heteroatoms. The number of nitrogens with one attached hydrogen (secondary N) is 1. The van der Waals surface area contributed by atoms with E-state index in [1.807, 2.05) is 6.07 Å². The quantitative estimate of drug-likeness (QED) is 0.645. The number of halogens is 2. The molecule has 1 aromatic carbocycles. The summed E-state index contributed by atoms with van der Waals surface area (Å²) in [6.45, 7) is 4.39. The van der Waals surface area contributed by atoms with E-state index in [0.29, 0.717) is 11.8 Å². The van der Waals surface area contributed by atoms with Gasteiger partial charge in [-0.3, -0.25) is 9.69 Å². The highest BCUT2D eigenvalue weighted by Crippen LogP contribution is 2.21. The van der Waals surface area contributed by atoms with Crippen molar-refractivity contribution >= 4 is 22.3 Å². The Kier molecular flexibility index (Phi) is 5.44. The molecule has 0 spiro atoms. The number of aromatic nitrogens is 2. The lowest BCUT2D eigenvalue weighted by Crippen LogP contribution is -2.47. The molecular formula is C21H23F2N5O. The standard InChI is InChI=1S/C21H23F2N5O/c22-14-3-4-20(25-13-14)28-8-6-27(7-9-28)5-1-2-16-12-17-18(21(29)26-16)10-15(23)11-19(17)24/h3-4,10-13H,1-2,5-9,24H2,(H,26,29). The van der Waals surface area contributed by atoms with Crippen molar-refractivity contribution in [3.05, 3.63) is 64.2 Å². The van der Waals surface area contributed by atoms with E-state index in [1.54, 1.807) is 6.07 Å². The smallest absolute Gasteiger partial charge is 0.256 e. The second-order valence-corrected chi connectivity index (χ2v) is 7.35. The number of fused-ring (bicyclic) bond motifs is 1. The monoisotopic (exact) mass is 399 g/mol. The molecule has 4 rings (SSSR count). The SMILES string of the molecule is Nc1cc(F)cc2c(=O)[nH]c(CCCN3CCN(c4ccc(F)cn4)CC3)cc12. The van der Waals surface area contributed by atoms with Crippen molar-refractivity contribution in [2.45, 2.75) is 12.8 Å². The zero-order valence-electron chi connectivity index (χ0n) is 16.0. The Morgan fingerprint density at radius 2 is 1.83 bits per heavy atom. The van der Waals surface area contributed by atoms with Crippen LogP contribution in [0.3, 0.4) is 0 Å². The molecule has 0 amide bonds. The fraction of sp³-hybridized carbons (Fsp3) is 0.333. The van der Waals surface area contributed by atoms with Gasteiger partial charge in [-0.2, -0.15) is 0 Å². The molecule has 2 aromatic heterocycles. The van der Waals surface area contributed by atoms with Gasteiger partial charge in [-0.15, -0.1) is 0 Å². The number of pyridine rings is 2. The van der Waals surface area contributed by atoms with Crippen LogP contribution in [0.4, 0.5) is 20.3 Å². The zero-order chi connectivity index (χ0) is 20.4. The summed E-state index contributed by atoms with van der Waals surface area (Å²) in [6, 6.07) is 7.42. The van der Waals surface area contributed by atoms with Crippen LogP contribution < -0.4 is 16.2 Å². The first kappa shape index (κ1) is 19.3. The van der Waals surface area contributed by atoms with E-state index in [0.717, 1.165) is 50.7 Å². The highest BCUT2D eigenvalue weighted by Gasteiger charge is 2.17. The van der Waals surface area contributed by atoms with E-state index in [9.17, 15) is 13.6 Å². The van der Waals surface area contributed by atoms with Gasteiger partial charge in [0, 0.05) is 42.9 Å². The highest BCUT2D eigenvalue weighted by molar-refractivity contribution is 5.92. The van der Waals surface area contributed by atoms with E-state index in [-0.39, 0.29) is 22.5 Å². The van der Waals surface area contributed by atoms with Crippen LogP contribution in [0.2, 0.25) is 0 Å². The Morgan fingerprint density at radius 1 is 1.03 bits per heavy atom. The molecule has 1 fully saturated rings. The number of nitrogen functional groups attached to an aromatic ring is 1. The Morgan fingerprint density at radius 3 is 2.55 bits per heavy atom. The Bertz CT molecular complexity index is 1060. The lowest BCUT2D eigenvalue weighted by molar-refractivity contribution is 0.254. The molecule has 152 valence electrons. The Labute approximate surface area is 167 Å². The first-order valence-corrected chi connectivity index (χ1v) is 9.69. The first-order chi connectivity index (χ1) is 14.0. The number of nitrogens with two attached hydrogens (primary N) is 1. The van der Waals surface area contributed by atoms with Crippen LogP contribution in [0.15, 0.2) is 41.3 Å². The predicted octanol–water partition coefficient (Wildman–Crippen LogP) is 2.54. The largest absolute Gasteiger partial charge is 0.398 e. The zero-order valence-corrected chi connectivity index (χ0v) is 16.0. The third-order valence-corrected chi connectivity index (χ3v) is 5.34. The van der Waals surface area contributed by atoms with E-state index >= 15 is 0 Å². The van der Waals surface area contributed by atoms with Crippen molar-refractivity contribution in [1.82, 2.24) is 14.9 Å². The molecule has 29 heavy (non-hydrogen) atoms. The van der Waals surface area contributed by atoms with Crippen LogP contribution >= 0.6 is 0 Å². The fourth-order valence-corrected chi connectivity index (χ4v) is 3.79. The lowest BCUT2D eigenvalue weighted by Gasteiger charge is -2.35. The maximum absolute atomic E-state index is 13.5. The second kappa shape index (κ2) is 8.16. The number of piperazine rings is 1. The van der Waals surface area contributed by atoms with E-state index in [4.69, 9.17) is 5.73 Å². The van der Waals surface area contributed by atoms with E-state index in [1.165, 1.54) is 24.4 Å². The summed E-state index contributed by atoms with van der Waals surface area (Å²) in [5.74, 6) is -0.0388. The van der Waals surface area contributed by atoms with Crippen LogP contribution in [0.5, 0.6) is 0 Å². The first-order valence-electron chi connectivity index (χ1n) is 9.69. The van der Waals surface area contributed by atoms with Crippen LogP contribution in [-0.2, 0) is 6.42 Å². The lowest BCUT2D eigenvalue weighted by atomic mass is 10.1. The number of hydrogen-bond acceptors (Lipinski definition) is 5. The van der Waals surface area contributed by atoms with Crippen LogP contribution in [0, 0.1) is 11.6 Å². The van der Waals surface area contributed by atoms with Crippen molar-refractivity contribution in [3.8, 4) is 0 Å². The summed E-state index contributed by atoms with van der Waals surface area (Å²) in [5, 5.41) is 0.863.